The number of hydrogen-bond acceptors (Lipinski definition) is 2. The van der Waals surface area contributed by atoms with E-state index in [1.54, 1.807) is 0 Å². The largest absolute Gasteiger partial charge is 0.345 e. The minimum absolute atomic E-state index is 0.393. The molecule has 0 atom stereocenters. The number of benzene rings is 1. The second kappa shape index (κ2) is 4.22. The summed E-state index contributed by atoms with van der Waals surface area (Å²) in [6, 6.07) is 8.12. The van der Waals surface area contributed by atoms with Crippen LogP contribution in [0.4, 0.5) is 5.95 Å². The fraction of sp³-hybridized carbons (Fsp3) is 0.462. The number of hydrogen-bond donors (Lipinski definition) is 1. The van der Waals surface area contributed by atoms with E-state index in [2.05, 4.69) is 28.0 Å². The van der Waals surface area contributed by atoms with Crippen LogP contribution in [0.25, 0.3) is 11.0 Å². The fourth-order valence-electron chi connectivity index (χ4n) is 2.40. The summed E-state index contributed by atoms with van der Waals surface area (Å²) in [5.74, 6) is 1.67. The first-order valence-corrected chi connectivity index (χ1v) is 6.46. The van der Waals surface area contributed by atoms with Crippen molar-refractivity contribution >= 4 is 28.6 Å². The van der Waals surface area contributed by atoms with Gasteiger partial charge in [-0.25, -0.2) is 4.98 Å². The van der Waals surface area contributed by atoms with Crippen molar-refractivity contribution < 1.29 is 0 Å². The molecule has 1 aromatic carbocycles. The van der Waals surface area contributed by atoms with Gasteiger partial charge in [0.1, 0.15) is 0 Å². The predicted octanol–water partition coefficient (Wildman–Crippen LogP) is 3.02. The summed E-state index contributed by atoms with van der Waals surface area (Å²) in [6.45, 7) is 1.03. The quantitative estimate of drug-likeness (QED) is 0.848. The molecular weight excluding hydrogens is 234 g/mol. The van der Waals surface area contributed by atoms with E-state index in [4.69, 9.17) is 11.6 Å². The Balaban J connectivity index is 1.74. The van der Waals surface area contributed by atoms with Gasteiger partial charge >= 0.3 is 0 Å². The summed E-state index contributed by atoms with van der Waals surface area (Å²) in [4.78, 5) is 10.1. The van der Waals surface area contributed by atoms with Crippen LogP contribution in [-0.2, 0) is 0 Å². The highest BCUT2D eigenvalue weighted by Crippen LogP contribution is 2.32. The van der Waals surface area contributed by atoms with Gasteiger partial charge < -0.3 is 9.88 Å². The van der Waals surface area contributed by atoms with Gasteiger partial charge in [-0.3, -0.25) is 0 Å². The summed E-state index contributed by atoms with van der Waals surface area (Å²) in [6.07, 6.45) is 2.26. The Bertz CT molecular complexity index is 483. The van der Waals surface area contributed by atoms with Crippen molar-refractivity contribution in [3.63, 3.8) is 0 Å². The predicted molar refractivity (Wildman–Crippen MR) is 71.7 cm³/mol. The number of halogens is 1. The summed E-state index contributed by atoms with van der Waals surface area (Å²) < 4.78 is 0. The normalized spacial score (nSPS) is 23.6. The van der Waals surface area contributed by atoms with Gasteiger partial charge in [-0.15, -0.1) is 11.6 Å². The number of alkyl halides is 1. The summed E-state index contributed by atoms with van der Waals surface area (Å²) in [5, 5.41) is 0.393. The molecule has 0 aliphatic heterocycles. The molecule has 0 spiro atoms. The second-order valence-corrected chi connectivity index (χ2v) is 5.51. The van der Waals surface area contributed by atoms with Crippen molar-refractivity contribution in [1.29, 1.82) is 0 Å². The number of H-pyrrole nitrogens is 1. The molecule has 17 heavy (non-hydrogen) atoms. The summed E-state index contributed by atoms with van der Waals surface area (Å²) in [5.41, 5.74) is 2.12. The number of aromatic amines is 1. The Morgan fingerprint density at radius 2 is 2.18 bits per heavy atom. The number of rotatable bonds is 3. The molecule has 90 valence electrons. The average Bonchev–Trinajstić information content (AvgIpc) is 2.70. The lowest BCUT2D eigenvalue weighted by atomic mass is 9.84. The van der Waals surface area contributed by atoms with E-state index < -0.39 is 0 Å². The third-order valence-electron chi connectivity index (χ3n) is 3.45. The van der Waals surface area contributed by atoms with Crippen LogP contribution in [-0.4, -0.2) is 28.9 Å². The summed E-state index contributed by atoms with van der Waals surface area (Å²) in [7, 11) is 2.08. The fourth-order valence-corrected chi connectivity index (χ4v) is 2.90. The molecule has 1 fully saturated rings. The lowest BCUT2D eigenvalue weighted by Crippen LogP contribution is -2.35. The highest BCUT2D eigenvalue weighted by molar-refractivity contribution is 6.21. The molecule has 1 heterocycles. The molecule has 0 unspecified atom stereocenters. The van der Waals surface area contributed by atoms with E-state index in [1.807, 2.05) is 18.2 Å². The molecule has 2 aromatic rings. The number of imidazole rings is 1. The zero-order chi connectivity index (χ0) is 11.8. The number of nitrogens with one attached hydrogen (secondary N) is 1. The first-order valence-electron chi connectivity index (χ1n) is 6.02. The van der Waals surface area contributed by atoms with Gasteiger partial charge in [0.2, 0.25) is 5.95 Å². The topological polar surface area (TPSA) is 31.9 Å². The Morgan fingerprint density at radius 3 is 2.88 bits per heavy atom. The van der Waals surface area contributed by atoms with Gasteiger partial charge in [0.15, 0.2) is 0 Å². The van der Waals surface area contributed by atoms with Crippen molar-refractivity contribution in [1.82, 2.24) is 9.97 Å². The second-order valence-electron chi connectivity index (χ2n) is 4.89. The molecule has 1 aliphatic rings. The standard InChI is InChI=1S/C13H16ClN3/c1-17(8-9-6-10(14)7-9)13-15-11-4-2-3-5-12(11)16-13/h2-5,9-10H,6-8H2,1H3,(H,15,16). The molecule has 0 bridgehead atoms. The number of para-hydroxylation sites is 2. The maximum Gasteiger partial charge on any atom is 0.203 e. The van der Waals surface area contributed by atoms with Gasteiger partial charge in [0.25, 0.3) is 0 Å². The van der Waals surface area contributed by atoms with Gasteiger partial charge in [-0.2, -0.15) is 0 Å². The zero-order valence-electron chi connectivity index (χ0n) is 9.86. The Hall–Kier alpha value is -1.22. The number of anilines is 1. The monoisotopic (exact) mass is 249 g/mol. The number of nitrogens with zero attached hydrogens (tertiary/aromatic N) is 2. The average molecular weight is 250 g/mol. The van der Waals surface area contributed by atoms with E-state index in [1.165, 1.54) is 0 Å². The van der Waals surface area contributed by atoms with E-state index in [-0.39, 0.29) is 0 Å². The van der Waals surface area contributed by atoms with Crippen molar-refractivity contribution in [2.75, 3.05) is 18.5 Å². The van der Waals surface area contributed by atoms with Crippen LogP contribution >= 0.6 is 11.6 Å². The molecular formula is C13H16ClN3. The highest BCUT2D eigenvalue weighted by Gasteiger charge is 2.28. The Labute approximate surface area is 106 Å². The molecule has 0 radical (unpaired) electrons. The smallest absolute Gasteiger partial charge is 0.203 e. The zero-order valence-corrected chi connectivity index (χ0v) is 10.6. The van der Waals surface area contributed by atoms with Crippen molar-refractivity contribution in [3.8, 4) is 0 Å². The number of fused-ring (bicyclic) bond motifs is 1. The molecule has 3 nitrogen and oxygen atoms in total. The van der Waals surface area contributed by atoms with Crippen molar-refractivity contribution in [2.45, 2.75) is 18.2 Å². The van der Waals surface area contributed by atoms with Crippen LogP contribution in [0.2, 0.25) is 0 Å². The molecule has 1 aliphatic carbocycles. The van der Waals surface area contributed by atoms with Gasteiger partial charge in [0.05, 0.1) is 11.0 Å². The van der Waals surface area contributed by atoms with Crippen LogP contribution in [0.1, 0.15) is 12.8 Å². The summed E-state index contributed by atoms with van der Waals surface area (Å²) >= 11 is 6.00. The first-order chi connectivity index (χ1) is 8.22. The third kappa shape index (κ3) is 2.12. The molecule has 1 N–H and O–H groups in total. The Morgan fingerprint density at radius 1 is 1.41 bits per heavy atom. The molecule has 0 amide bonds. The van der Waals surface area contributed by atoms with Crippen LogP contribution < -0.4 is 4.90 Å². The maximum atomic E-state index is 6.00. The van der Waals surface area contributed by atoms with Gasteiger partial charge in [-0.1, -0.05) is 12.1 Å². The van der Waals surface area contributed by atoms with Crippen LogP contribution in [0.3, 0.4) is 0 Å². The SMILES string of the molecule is CN(CC1CC(Cl)C1)c1nc2ccccc2[nH]1. The van der Waals surface area contributed by atoms with E-state index in [0.29, 0.717) is 5.38 Å². The van der Waals surface area contributed by atoms with Crippen LogP contribution in [0.5, 0.6) is 0 Å². The highest BCUT2D eigenvalue weighted by atomic mass is 35.5. The van der Waals surface area contributed by atoms with Crippen LogP contribution in [0.15, 0.2) is 24.3 Å². The lowest BCUT2D eigenvalue weighted by molar-refractivity contribution is 0.328. The molecule has 4 heteroatoms. The Kier molecular flexibility index (Phi) is 2.71. The molecule has 3 rings (SSSR count). The van der Waals surface area contributed by atoms with E-state index in [0.717, 1.165) is 42.3 Å². The molecule has 0 saturated heterocycles. The first kappa shape index (κ1) is 10.9. The van der Waals surface area contributed by atoms with E-state index in [9.17, 15) is 0 Å². The van der Waals surface area contributed by atoms with E-state index >= 15 is 0 Å². The minimum atomic E-state index is 0.393. The molecule has 1 aromatic heterocycles. The maximum absolute atomic E-state index is 6.00. The van der Waals surface area contributed by atoms with Gasteiger partial charge in [0, 0.05) is 19.0 Å². The van der Waals surface area contributed by atoms with Crippen molar-refractivity contribution in [3.05, 3.63) is 24.3 Å². The van der Waals surface area contributed by atoms with Gasteiger partial charge in [-0.05, 0) is 30.9 Å². The number of aromatic nitrogens is 2. The lowest BCUT2D eigenvalue weighted by Gasteiger charge is -2.33. The van der Waals surface area contributed by atoms with Crippen molar-refractivity contribution in [2.24, 2.45) is 5.92 Å². The molecule has 1 saturated carbocycles. The van der Waals surface area contributed by atoms with Crippen LogP contribution in [0, 0.1) is 5.92 Å². The minimum Gasteiger partial charge on any atom is -0.345 e. The third-order valence-corrected chi connectivity index (χ3v) is 3.81.